The van der Waals surface area contributed by atoms with Gasteiger partial charge in [-0.2, -0.15) is 0 Å². The van der Waals surface area contributed by atoms with Gasteiger partial charge in [0.1, 0.15) is 0 Å². The highest BCUT2D eigenvalue weighted by molar-refractivity contribution is 6.06. The van der Waals surface area contributed by atoms with Gasteiger partial charge in [-0.3, -0.25) is 14.2 Å². The van der Waals surface area contributed by atoms with Crippen molar-refractivity contribution >= 4 is 16.8 Å². The minimum atomic E-state index is -0.162. The third-order valence-electron chi connectivity index (χ3n) is 3.49. The fourth-order valence-electron chi connectivity index (χ4n) is 2.33. The minimum absolute atomic E-state index is 0.117. The van der Waals surface area contributed by atoms with Crippen molar-refractivity contribution in [1.29, 1.82) is 0 Å². The maximum Gasteiger partial charge on any atom is 0.253 e. The molecule has 0 aliphatic carbocycles. The molecule has 112 valence electrons. The van der Waals surface area contributed by atoms with Crippen molar-refractivity contribution in [2.45, 2.75) is 13.5 Å². The average molecular weight is 296 g/mol. The van der Waals surface area contributed by atoms with Crippen molar-refractivity contribution in [3.05, 3.63) is 64.5 Å². The fourth-order valence-corrected chi connectivity index (χ4v) is 2.33. The molecule has 0 fully saturated rings. The summed E-state index contributed by atoms with van der Waals surface area (Å²) in [5.41, 5.74) is 2.09. The van der Waals surface area contributed by atoms with Crippen molar-refractivity contribution in [3.8, 4) is 0 Å². The van der Waals surface area contributed by atoms with Gasteiger partial charge in [0.15, 0.2) is 0 Å². The third-order valence-corrected chi connectivity index (χ3v) is 3.49. The molecule has 0 aliphatic heterocycles. The van der Waals surface area contributed by atoms with E-state index in [4.69, 9.17) is 0 Å². The molecular formula is C16H16N4O2. The van der Waals surface area contributed by atoms with Gasteiger partial charge < -0.3 is 10.3 Å². The highest BCUT2D eigenvalue weighted by atomic mass is 16.1. The summed E-state index contributed by atoms with van der Waals surface area (Å²) in [7, 11) is 0. The Labute approximate surface area is 126 Å². The van der Waals surface area contributed by atoms with E-state index >= 15 is 0 Å². The maximum absolute atomic E-state index is 12.2. The number of benzene rings is 1. The van der Waals surface area contributed by atoms with Crippen molar-refractivity contribution < 1.29 is 4.79 Å². The van der Waals surface area contributed by atoms with Gasteiger partial charge in [0.05, 0.1) is 11.9 Å². The van der Waals surface area contributed by atoms with Crippen LogP contribution in [0.2, 0.25) is 0 Å². The number of H-pyrrole nitrogens is 1. The summed E-state index contributed by atoms with van der Waals surface area (Å²) in [6, 6.07) is 9.10. The van der Waals surface area contributed by atoms with E-state index < -0.39 is 0 Å². The van der Waals surface area contributed by atoms with Gasteiger partial charge in [-0.05, 0) is 13.0 Å². The molecule has 22 heavy (non-hydrogen) atoms. The van der Waals surface area contributed by atoms with Crippen LogP contribution >= 0.6 is 0 Å². The Morgan fingerprint density at radius 1 is 1.36 bits per heavy atom. The summed E-state index contributed by atoms with van der Waals surface area (Å²) in [6.07, 6.45) is 3.19. The smallest absolute Gasteiger partial charge is 0.253 e. The van der Waals surface area contributed by atoms with Crippen molar-refractivity contribution in [1.82, 2.24) is 19.9 Å². The molecule has 0 bridgehead atoms. The lowest BCUT2D eigenvalue weighted by Crippen LogP contribution is -2.30. The van der Waals surface area contributed by atoms with Crippen LogP contribution in [-0.2, 0) is 6.54 Å². The zero-order valence-electron chi connectivity index (χ0n) is 12.2. The Morgan fingerprint density at radius 3 is 3.00 bits per heavy atom. The Hall–Kier alpha value is -2.89. The Bertz CT molecular complexity index is 879. The van der Waals surface area contributed by atoms with Crippen LogP contribution in [-0.4, -0.2) is 27.0 Å². The number of amides is 1. The van der Waals surface area contributed by atoms with Crippen molar-refractivity contribution in [2.75, 3.05) is 6.54 Å². The average Bonchev–Trinajstić information content (AvgIpc) is 2.93. The molecule has 1 amide bonds. The summed E-state index contributed by atoms with van der Waals surface area (Å²) in [6.45, 7) is 2.52. The van der Waals surface area contributed by atoms with Crippen LogP contribution < -0.4 is 10.9 Å². The number of carbonyl (C=O) groups is 1. The standard InChI is InChI=1S/C16H16N4O2/c1-11-8-15(21)20(10-19-11)7-6-17-16(22)13-9-18-14-5-3-2-4-12(13)14/h2-5,8-10,18H,6-7H2,1H3,(H,17,22). The number of aromatic amines is 1. The normalized spacial score (nSPS) is 10.8. The van der Waals surface area contributed by atoms with E-state index in [9.17, 15) is 9.59 Å². The van der Waals surface area contributed by atoms with E-state index in [0.29, 0.717) is 24.3 Å². The van der Waals surface area contributed by atoms with Crippen molar-refractivity contribution in [2.24, 2.45) is 0 Å². The Balaban J connectivity index is 1.66. The van der Waals surface area contributed by atoms with Gasteiger partial charge in [-0.25, -0.2) is 4.98 Å². The predicted molar refractivity (Wildman–Crippen MR) is 83.9 cm³/mol. The second-order valence-electron chi connectivity index (χ2n) is 5.07. The molecule has 1 aromatic carbocycles. The van der Waals surface area contributed by atoms with E-state index in [0.717, 1.165) is 10.9 Å². The maximum atomic E-state index is 12.2. The first-order valence-corrected chi connectivity index (χ1v) is 7.02. The molecule has 3 rings (SSSR count). The molecule has 3 aromatic rings. The summed E-state index contributed by atoms with van der Waals surface area (Å²) >= 11 is 0. The number of para-hydroxylation sites is 1. The van der Waals surface area contributed by atoms with Crippen molar-refractivity contribution in [3.63, 3.8) is 0 Å². The second kappa shape index (κ2) is 5.85. The first kappa shape index (κ1) is 14.1. The van der Waals surface area contributed by atoms with Crippen LogP contribution in [0.5, 0.6) is 0 Å². The molecule has 6 heteroatoms. The Kier molecular flexibility index (Phi) is 3.74. The zero-order valence-corrected chi connectivity index (χ0v) is 12.2. The molecule has 0 spiro atoms. The summed E-state index contributed by atoms with van der Waals surface area (Å²) in [5, 5.41) is 3.70. The van der Waals surface area contributed by atoms with E-state index in [1.807, 2.05) is 24.3 Å². The first-order valence-electron chi connectivity index (χ1n) is 7.02. The molecule has 0 atom stereocenters. The van der Waals surface area contributed by atoms with Crippen LogP contribution in [0.4, 0.5) is 0 Å². The number of aromatic nitrogens is 3. The van der Waals surface area contributed by atoms with E-state index in [1.54, 1.807) is 13.1 Å². The van der Waals surface area contributed by atoms with Crippen LogP contribution in [0.3, 0.4) is 0 Å². The van der Waals surface area contributed by atoms with Gasteiger partial charge >= 0.3 is 0 Å². The monoisotopic (exact) mass is 296 g/mol. The van der Waals surface area contributed by atoms with E-state index in [1.165, 1.54) is 17.0 Å². The SMILES string of the molecule is Cc1cc(=O)n(CCNC(=O)c2c[nH]c3ccccc23)cn1. The number of carbonyl (C=O) groups excluding carboxylic acids is 1. The molecule has 0 saturated carbocycles. The molecule has 0 aliphatic rings. The molecule has 0 saturated heterocycles. The molecule has 2 heterocycles. The highest BCUT2D eigenvalue weighted by Crippen LogP contribution is 2.17. The number of hydrogen-bond donors (Lipinski definition) is 2. The number of nitrogens with one attached hydrogen (secondary N) is 2. The lowest BCUT2D eigenvalue weighted by atomic mass is 10.1. The molecule has 6 nitrogen and oxygen atoms in total. The summed E-state index contributed by atoms with van der Waals surface area (Å²) in [4.78, 5) is 31.1. The van der Waals surface area contributed by atoms with Gasteiger partial charge in [0.2, 0.25) is 0 Å². The van der Waals surface area contributed by atoms with Crippen LogP contribution in [0.15, 0.2) is 47.7 Å². The number of hydrogen-bond acceptors (Lipinski definition) is 3. The Morgan fingerprint density at radius 2 is 2.18 bits per heavy atom. The molecule has 2 N–H and O–H groups in total. The minimum Gasteiger partial charge on any atom is -0.360 e. The zero-order chi connectivity index (χ0) is 15.5. The fraction of sp³-hybridized carbons (Fsp3) is 0.188. The molecule has 0 radical (unpaired) electrons. The topological polar surface area (TPSA) is 79.8 Å². The van der Waals surface area contributed by atoms with Gasteiger partial charge in [0, 0.05) is 41.9 Å². The highest BCUT2D eigenvalue weighted by Gasteiger charge is 2.10. The summed E-state index contributed by atoms with van der Waals surface area (Å²) < 4.78 is 1.47. The first-order chi connectivity index (χ1) is 10.6. The predicted octanol–water partition coefficient (Wildman–Crippen LogP) is 1.46. The largest absolute Gasteiger partial charge is 0.360 e. The van der Waals surface area contributed by atoms with Gasteiger partial charge in [-0.1, -0.05) is 18.2 Å². The summed E-state index contributed by atoms with van der Waals surface area (Å²) in [5.74, 6) is -0.162. The number of fused-ring (bicyclic) bond motifs is 1. The van der Waals surface area contributed by atoms with E-state index in [2.05, 4.69) is 15.3 Å². The second-order valence-corrected chi connectivity index (χ2v) is 5.07. The van der Waals surface area contributed by atoms with Crippen LogP contribution in [0.25, 0.3) is 10.9 Å². The van der Waals surface area contributed by atoms with Crippen LogP contribution in [0.1, 0.15) is 16.1 Å². The van der Waals surface area contributed by atoms with Crippen LogP contribution in [0, 0.1) is 6.92 Å². The number of nitrogens with zero attached hydrogens (tertiary/aromatic N) is 2. The van der Waals surface area contributed by atoms with Gasteiger partial charge in [-0.15, -0.1) is 0 Å². The number of aryl methyl sites for hydroxylation is 1. The number of rotatable bonds is 4. The lowest BCUT2D eigenvalue weighted by molar-refractivity contribution is 0.0954. The molecule has 0 unspecified atom stereocenters. The van der Waals surface area contributed by atoms with E-state index in [-0.39, 0.29) is 11.5 Å². The molecular weight excluding hydrogens is 280 g/mol. The van der Waals surface area contributed by atoms with Gasteiger partial charge in [0.25, 0.3) is 11.5 Å². The quantitative estimate of drug-likeness (QED) is 0.765. The lowest BCUT2D eigenvalue weighted by Gasteiger charge is -2.07. The third kappa shape index (κ3) is 2.76. The molecule has 2 aromatic heterocycles.